The Morgan fingerprint density at radius 3 is 2.44 bits per heavy atom. The molecule has 2 aromatic carbocycles. The van der Waals surface area contributed by atoms with E-state index in [2.05, 4.69) is 25.9 Å². The van der Waals surface area contributed by atoms with E-state index in [1.165, 1.54) is 12.3 Å². The molecule has 0 radical (unpaired) electrons. The number of alkyl halides is 3. The number of hydrogen-bond acceptors (Lipinski definition) is 6. The van der Waals surface area contributed by atoms with Crippen molar-refractivity contribution in [2.45, 2.75) is 19.0 Å². The van der Waals surface area contributed by atoms with E-state index >= 15 is 0 Å². The van der Waals surface area contributed by atoms with Gasteiger partial charge in [-0.2, -0.15) is 18.2 Å². The predicted molar refractivity (Wildman–Crippen MR) is 122 cm³/mol. The lowest BCUT2D eigenvalue weighted by molar-refractivity contribution is -0.137. The van der Waals surface area contributed by atoms with Crippen LogP contribution in [0.2, 0.25) is 5.02 Å². The van der Waals surface area contributed by atoms with Crippen LogP contribution in [0, 0.1) is 0 Å². The monoisotopic (exact) mass is 495 g/mol. The molecule has 0 saturated heterocycles. The van der Waals surface area contributed by atoms with Crippen molar-refractivity contribution >= 4 is 35.0 Å². The van der Waals surface area contributed by atoms with Crippen LogP contribution in [0.4, 0.5) is 35.3 Å². The molecule has 0 aliphatic heterocycles. The minimum atomic E-state index is -4.64. The molecule has 34 heavy (non-hydrogen) atoms. The summed E-state index contributed by atoms with van der Waals surface area (Å²) in [7, 11) is 0. The van der Waals surface area contributed by atoms with Crippen molar-refractivity contribution in [2.75, 3.05) is 29.1 Å². The van der Waals surface area contributed by atoms with E-state index in [4.69, 9.17) is 21.4 Å². The van der Waals surface area contributed by atoms with Gasteiger partial charge >= 0.3 is 12.2 Å². The van der Waals surface area contributed by atoms with Crippen molar-refractivity contribution in [3.63, 3.8) is 0 Å². The van der Waals surface area contributed by atoms with E-state index in [-0.39, 0.29) is 12.3 Å². The summed E-state index contributed by atoms with van der Waals surface area (Å²) in [4.78, 5) is 20.5. The molecule has 0 spiro atoms. The van der Waals surface area contributed by atoms with Gasteiger partial charge in [0.15, 0.2) is 0 Å². The zero-order valence-electron chi connectivity index (χ0n) is 17.7. The molecular weight excluding hydrogens is 475 g/mol. The first-order chi connectivity index (χ1) is 16.2. The van der Waals surface area contributed by atoms with E-state index < -0.39 is 22.8 Å². The van der Waals surface area contributed by atoms with E-state index in [1.807, 2.05) is 0 Å². The molecule has 180 valence electrons. The second kappa shape index (κ2) is 11.5. The molecule has 4 N–H and O–H groups in total. The summed E-state index contributed by atoms with van der Waals surface area (Å²) in [5.41, 5.74) is -0.704. The van der Waals surface area contributed by atoms with Crippen molar-refractivity contribution in [1.29, 1.82) is 0 Å². The molecule has 12 heteroatoms. The van der Waals surface area contributed by atoms with Crippen LogP contribution < -0.4 is 20.7 Å². The molecule has 3 aromatic rings. The first-order valence-electron chi connectivity index (χ1n) is 10.1. The third-order valence-corrected chi connectivity index (χ3v) is 4.69. The summed E-state index contributed by atoms with van der Waals surface area (Å²) >= 11 is 5.58. The number of aromatic nitrogens is 2. The van der Waals surface area contributed by atoms with Crippen molar-refractivity contribution in [3.05, 3.63) is 65.3 Å². The minimum Gasteiger partial charge on any atom is -0.439 e. The highest BCUT2D eigenvalue weighted by Gasteiger charge is 2.33. The fraction of sp³-hybridized carbons (Fsp3) is 0.227. The molecule has 8 nitrogen and oxygen atoms in total. The molecule has 0 fully saturated rings. The van der Waals surface area contributed by atoms with E-state index in [9.17, 15) is 18.0 Å². The van der Waals surface area contributed by atoms with Crippen LogP contribution in [0.5, 0.6) is 11.6 Å². The number of carbonyl (C=O) groups excluding carboxylic acids is 1. The number of aliphatic hydroxyl groups is 1. The fourth-order valence-electron chi connectivity index (χ4n) is 2.76. The van der Waals surface area contributed by atoms with Gasteiger partial charge in [-0.15, -0.1) is 0 Å². The van der Waals surface area contributed by atoms with Gasteiger partial charge < -0.3 is 25.8 Å². The molecule has 0 aliphatic carbocycles. The molecule has 0 atom stereocenters. The molecule has 2 amide bonds. The summed E-state index contributed by atoms with van der Waals surface area (Å²) in [6.07, 6.45) is -1.65. The Hall–Kier alpha value is -3.57. The zero-order valence-corrected chi connectivity index (χ0v) is 18.5. The Morgan fingerprint density at radius 1 is 1.03 bits per heavy atom. The van der Waals surface area contributed by atoms with Gasteiger partial charge in [0.1, 0.15) is 5.75 Å². The summed E-state index contributed by atoms with van der Waals surface area (Å²) in [5, 5.41) is 16.2. The number of halogens is 4. The number of urea groups is 1. The Kier molecular flexibility index (Phi) is 8.50. The number of benzene rings is 2. The molecule has 0 aliphatic rings. The molecule has 0 saturated carbocycles. The van der Waals surface area contributed by atoms with Crippen LogP contribution >= 0.6 is 11.6 Å². The number of carbonyl (C=O) groups is 1. The molecular formula is C22H21ClF3N5O3. The smallest absolute Gasteiger partial charge is 0.417 e. The average molecular weight is 496 g/mol. The van der Waals surface area contributed by atoms with Gasteiger partial charge in [-0.25, -0.2) is 9.78 Å². The van der Waals surface area contributed by atoms with Crippen LogP contribution in [0.25, 0.3) is 0 Å². The number of rotatable bonds is 9. The Morgan fingerprint density at radius 2 is 1.74 bits per heavy atom. The Labute approximate surface area is 198 Å². The Bertz CT molecular complexity index is 1110. The number of aliphatic hydroxyl groups excluding tert-OH is 1. The third-order valence-electron chi connectivity index (χ3n) is 4.36. The highest BCUT2D eigenvalue weighted by atomic mass is 35.5. The molecule has 0 unspecified atom stereocenters. The maximum atomic E-state index is 13.0. The van der Waals surface area contributed by atoms with Gasteiger partial charge in [0.25, 0.3) is 0 Å². The van der Waals surface area contributed by atoms with E-state index in [0.29, 0.717) is 36.2 Å². The standard InChI is InChI=1S/C22H21ClF3N5O3/c23-18-8-5-15(13-17(18)22(24,25)26)30-21(33)29-14-3-6-16(7-4-14)34-19-9-11-28-20(31-19)27-10-1-2-12-32/h3-9,11,13,32H,1-2,10,12H2,(H,27,28,31)(H2,29,30,33). The number of unbranched alkanes of at least 4 members (excludes halogenated alkanes) is 1. The first kappa shape index (κ1) is 25.1. The molecule has 1 aromatic heterocycles. The topological polar surface area (TPSA) is 108 Å². The van der Waals surface area contributed by atoms with Gasteiger partial charge in [0.05, 0.1) is 10.6 Å². The molecule has 3 rings (SSSR count). The largest absolute Gasteiger partial charge is 0.439 e. The van der Waals surface area contributed by atoms with Gasteiger partial charge in [0, 0.05) is 36.8 Å². The van der Waals surface area contributed by atoms with Crippen LogP contribution in [0.3, 0.4) is 0 Å². The van der Waals surface area contributed by atoms with Crippen molar-refractivity contribution in [2.24, 2.45) is 0 Å². The quantitative estimate of drug-likeness (QED) is 0.281. The minimum absolute atomic E-state index is 0.0567. The average Bonchev–Trinajstić information content (AvgIpc) is 2.79. The van der Waals surface area contributed by atoms with Crippen LogP contribution in [-0.2, 0) is 6.18 Å². The van der Waals surface area contributed by atoms with Crippen LogP contribution in [0.1, 0.15) is 18.4 Å². The number of nitrogens with one attached hydrogen (secondary N) is 3. The number of anilines is 3. The number of nitrogens with zero attached hydrogens (tertiary/aromatic N) is 2. The lowest BCUT2D eigenvalue weighted by Gasteiger charge is -2.12. The maximum absolute atomic E-state index is 13.0. The summed E-state index contributed by atoms with van der Waals surface area (Å²) in [5.74, 6) is 1.14. The lowest BCUT2D eigenvalue weighted by atomic mass is 10.2. The highest BCUT2D eigenvalue weighted by Crippen LogP contribution is 2.36. The third kappa shape index (κ3) is 7.49. The summed E-state index contributed by atoms with van der Waals surface area (Å²) < 4.78 is 44.6. The van der Waals surface area contributed by atoms with Crippen LogP contribution in [-0.4, -0.2) is 34.3 Å². The lowest BCUT2D eigenvalue weighted by Crippen LogP contribution is -2.19. The molecule has 1 heterocycles. The van der Waals surface area contributed by atoms with Gasteiger partial charge in [-0.3, -0.25) is 0 Å². The van der Waals surface area contributed by atoms with Gasteiger partial charge in [-0.05, 0) is 55.3 Å². The fourth-order valence-corrected chi connectivity index (χ4v) is 2.99. The predicted octanol–water partition coefficient (Wildman–Crippen LogP) is 5.77. The number of ether oxygens (including phenoxy) is 1. The highest BCUT2D eigenvalue weighted by molar-refractivity contribution is 6.31. The van der Waals surface area contributed by atoms with Crippen molar-refractivity contribution in [1.82, 2.24) is 9.97 Å². The second-order valence-corrected chi connectivity index (χ2v) is 7.38. The van der Waals surface area contributed by atoms with E-state index in [0.717, 1.165) is 18.6 Å². The zero-order chi connectivity index (χ0) is 24.6. The normalized spacial score (nSPS) is 11.1. The summed E-state index contributed by atoms with van der Waals surface area (Å²) in [6, 6.07) is 10.3. The molecule has 0 bridgehead atoms. The van der Waals surface area contributed by atoms with Crippen molar-refractivity contribution < 1.29 is 27.8 Å². The number of hydrogen-bond donors (Lipinski definition) is 4. The van der Waals surface area contributed by atoms with Crippen molar-refractivity contribution in [3.8, 4) is 11.6 Å². The maximum Gasteiger partial charge on any atom is 0.417 e. The Balaban J connectivity index is 1.55. The second-order valence-electron chi connectivity index (χ2n) is 6.97. The van der Waals surface area contributed by atoms with Gasteiger partial charge in [-0.1, -0.05) is 11.6 Å². The summed E-state index contributed by atoms with van der Waals surface area (Å²) in [6.45, 7) is 0.734. The first-order valence-corrected chi connectivity index (χ1v) is 10.5. The van der Waals surface area contributed by atoms with E-state index in [1.54, 1.807) is 30.3 Å². The van der Waals surface area contributed by atoms with Gasteiger partial charge in [0.2, 0.25) is 11.8 Å². The number of amides is 2. The SMILES string of the molecule is O=C(Nc1ccc(Oc2ccnc(NCCCCO)n2)cc1)Nc1ccc(Cl)c(C(F)(F)F)c1. The van der Waals surface area contributed by atoms with Crippen LogP contribution in [0.15, 0.2) is 54.7 Å².